The molecule has 0 radical (unpaired) electrons. The fourth-order valence-corrected chi connectivity index (χ4v) is 1.84. The Morgan fingerprint density at radius 2 is 2.29 bits per heavy atom. The van der Waals surface area contributed by atoms with Gasteiger partial charge in [-0.2, -0.15) is 0 Å². The lowest BCUT2D eigenvalue weighted by atomic mass is 9.91. The van der Waals surface area contributed by atoms with Crippen LogP contribution in [0.5, 0.6) is 0 Å². The highest BCUT2D eigenvalue weighted by Gasteiger charge is 2.14. The standard InChI is InChI=1S/C14H20/c1-5-11(3)10-13-8-7-9-14(13)12(4)6-2/h8-9,12H,1,6-7,10H2,2-4H3. The van der Waals surface area contributed by atoms with Crippen molar-refractivity contribution in [3.63, 3.8) is 0 Å². The maximum absolute atomic E-state index is 3.68. The van der Waals surface area contributed by atoms with E-state index in [1.54, 1.807) is 5.57 Å². The fourth-order valence-electron chi connectivity index (χ4n) is 1.84. The highest BCUT2D eigenvalue weighted by Crippen LogP contribution is 2.31. The van der Waals surface area contributed by atoms with Gasteiger partial charge in [0.25, 0.3) is 0 Å². The summed E-state index contributed by atoms with van der Waals surface area (Å²) in [5.41, 5.74) is 7.25. The Morgan fingerprint density at radius 1 is 1.57 bits per heavy atom. The maximum Gasteiger partial charge on any atom is 0.000579 e. The Morgan fingerprint density at radius 3 is 2.86 bits per heavy atom. The van der Waals surface area contributed by atoms with E-state index in [9.17, 15) is 0 Å². The molecule has 0 N–H and O–H groups in total. The lowest BCUT2D eigenvalue weighted by Crippen LogP contribution is -1.99. The summed E-state index contributed by atoms with van der Waals surface area (Å²) in [6, 6.07) is 0. The molecule has 0 saturated heterocycles. The van der Waals surface area contributed by atoms with E-state index in [1.807, 2.05) is 0 Å². The van der Waals surface area contributed by atoms with Crippen molar-refractivity contribution in [2.24, 2.45) is 5.92 Å². The zero-order valence-corrected chi connectivity index (χ0v) is 9.56. The first-order valence-electron chi connectivity index (χ1n) is 5.44. The third kappa shape index (κ3) is 2.49. The average Bonchev–Trinajstić information content (AvgIpc) is 2.64. The van der Waals surface area contributed by atoms with E-state index in [1.165, 1.54) is 17.6 Å². The largest absolute Gasteiger partial charge is 0.130 e. The van der Waals surface area contributed by atoms with Crippen LogP contribution in [-0.2, 0) is 0 Å². The monoisotopic (exact) mass is 188 g/mol. The summed E-state index contributed by atoms with van der Waals surface area (Å²) in [7, 11) is 0. The van der Waals surface area contributed by atoms with Gasteiger partial charge in [0.15, 0.2) is 0 Å². The third-order valence-corrected chi connectivity index (χ3v) is 2.97. The van der Waals surface area contributed by atoms with E-state index < -0.39 is 0 Å². The van der Waals surface area contributed by atoms with E-state index in [2.05, 4.69) is 45.2 Å². The molecule has 0 aromatic rings. The van der Waals surface area contributed by atoms with Crippen LogP contribution in [0.25, 0.3) is 0 Å². The lowest BCUT2D eigenvalue weighted by Gasteiger charge is -2.14. The van der Waals surface area contributed by atoms with Crippen LogP contribution in [0.4, 0.5) is 0 Å². The Bertz CT molecular complexity index is 309. The molecule has 1 aliphatic rings. The van der Waals surface area contributed by atoms with Crippen LogP contribution in [0.15, 0.2) is 41.2 Å². The van der Waals surface area contributed by atoms with Crippen molar-refractivity contribution in [3.05, 3.63) is 41.2 Å². The molecule has 0 aromatic heterocycles. The van der Waals surface area contributed by atoms with Crippen molar-refractivity contribution in [1.82, 2.24) is 0 Å². The number of hydrogen-bond acceptors (Lipinski definition) is 0. The fraction of sp³-hybridized carbons (Fsp3) is 0.500. The summed E-state index contributed by atoms with van der Waals surface area (Å²) in [5, 5.41) is 0. The highest BCUT2D eigenvalue weighted by molar-refractivity contribution is 5.40. The molecule has 1 aliphatic carbocycles. The molecular formula is C14H20. The first-order valence-corrected chi connectivity index (χ1v) is 5.44. The van der Waals surface area contributed by atoms with Crippen LogP contribution in [-0.4, -0.2) is 0 Å². The van der Waals surface area contributed by atoms with Gasteiger partial charge in [-0.3, -0.25) is 0 Å². The van der Waals surface area contributed by atoms with Crippen LogP contribution >= 0.6 is 0 Å². The zero-order valence-electron chi connectivity index (χ0n) is 9.56. The molecule has 1 rings (SSSR count). The second-order valence-corrected chi connectivity index (χ2v) is 4.07. The minimum Gasteiger partial charge on any atom is -0.130 e. The van der Waals surface area contributed by atoms with Crippen molar-refractivity contribution in [2.45, 2.75) is 40.0 Å². The molecule has 0 amide bonds. The molecule has 76 valence electrons. The Hall–Kier alpha value is -1.00. The van der Waals surface area contributed by atoms with E-state index in [0.717, 1.165) is 12.8 Å². The van der Waals surface area contributed by atoms with Crippen molar-refractivity contribution in [1.29, 1.82) is 0 Å². The third-order valence-electron chi connectivity index (χ3n) is 2.97. The van der Waals surface area contributed by atoms with Crippen LogP contribution in [0.3, 0.4) is 0 Å². The topological polar surface area (TPSA) is 0 Å². The number of hydrogen-bond donors (Lipinski definition) is 0. The quantitative estimate of drug-likeness (QED) is 0.573. The first kappa shape index (κ1) is 11.1. The van der Waals surface area contributed by atoms with Crippen LogP contribution in [0, 0.1) is 5.92 Å². The van der Waals surface area contributed by atoms with E-state index in [4.69, 9.17) is 0 Å². The smallest absolute Gasteiger partial charge is 0.000579 e. The SMILES string of the molecule is C=C=C(C)CC1=CCC=C1C(C)CC. The van der Waals surface area contributed by atoms with Gasteiger partial charge < -0.3 is 0 Å². The summed E-state index contributed by atoms with van der Waals surface area (Å²) in [4.78, 5) is 0. The Kier molecular flexibility index (Phi) is 3.98. The minimum atomic E-state index is 0.696. The van der Waals surface area contributed by atoms with Gasteiger partial charge in [0.05, 0.1) is 0 Å². The van der Waals surface area contributed by atoms with E-state index in [0.29, 0.717) is 5.92 Å². The molecule has 0 heteroatoms. The van der Waals surface area contributed by atoms with Gasteiger partial charge in [0, 0.05) is 6.42 Å². The van der Waals surface area contributed by atoms with Gasteiger partial charge in [0.1, 0.15) is 0 Å². The molecule has 0 aromatic carbocycles. The van der Waals surface area contributed by atoms with Gasteiger partial charge in [-0.25, -0.2) is 0 Å². The minimum absolute atomic E-state index is 0.696. The summed E-state index contributed by atoms with van der Waals surface area (Å²) in [6.45, 7) is 10.3. The van der Waals surface area contributed by atoms with Gasteiger partial charge in [0.2, 0.25) is 0 Å². The molecule has 0 nitrogen and oxygen atoms in total. The molecule has 0 spiro atoms. The van der Waals surface area contributed by atoms with Crippen molar-refractivity contribution in [3.8, 4) is 0 Å². The van der Waals surface area contributed by atoms with Crippen molar-refractivity contribution in [2.75, 3.05) is 0 Å². The highest BCUT2D eigenvalue weighted by atomic mass is 14.2. The van der Waals surface area contributed by atoms with Gasteiger partial charge >= 0.3 is 0 Å². The second kappa shape index (κ2) is 5.02. The summed E-state index contributed by atoms with van der Waals surface area (Å²) >= 11 is 0. The molecule has 0 fully saturated rings. The van der Waals surface area contributed by atoms with Crippen LogP contribution in [0.2, 0.25) is 0 Å². The average molecular weight is 188 g/mol. The van der Waals surface area contributed by atoms with Gasteiger partial charge in [-0.05, 0) is 42.4 Å². The van der Waals surface area contributed by atoms with E-state index in [-0.39, 0.29) is 0 Å². The lowest BCUT2D eigenvalue weighted by molar-refractivity contribution is 0.660. The number of rotatable bonds is 4. The Balaban J connectivity index is 2.72. The number of allylic oxidation sites excluding steroid dienone is 5. The predicted molar refractivity (Wildman–Crippen MR) is 63.2 cm³/mol. The summed E-state index contributed by atoms with van der Waals surface area (Å²) in [6.07, 6.45) is 8.06. The van der Waals surface area contributed by atoms with Crippen molar-refractivity contribution >= 4 is 0 Å². The second-order valence-electron chi connectivity index (χ2n) is 4.07. The first-order chi connectivity index (χ1) is 6.69. The molecule has 0 aliphatic heterocycles. The molecule has 1 atom stereocenters. The van der Waals surface area contributed by atoms with E-state index >= 15 is 0 Å². The zero-order chi connectivity index (χ0) is 10.6. The van der Waals surface area contributed by atoms with Crippen molar-refractivity contribution < 1.29 is 0 Å². The molecule has 14 heavy (non-hydrogen) atoms. The molecular weight excluding hydrogens is 168 g/mol. The van der Waals surface area contributed by atoms with Crippen LogP contribution < -0.4 is 0 Å². The predicted octanol–water partition coefficient (Wildman–Crippen LogP) is 4.41. The van der Waals surface area contributed by atoms with Gasteiger partial charge in [-0.1, -0.05) is 32.6 Å². The molecule has 0 saturated carbocycles. The van der Waals surface area contributed by atoms with Gasteiger partial charge in [-0.15, -0.1) is 5.73 Å². The summed E-state index contributed by atoms with van der Waals surface area (Å²) in [5.74, 6) is 0.696. The van der Waals surface area contributed by atoms with Crippen LogP contribution in [0.1, 0.15) is 40.0 Å². The normalized spacial score (nSPS) is 17.1. The Labute approximate surface area is 87.7 Å². The maximum atomic E-state index is 3.68. The molecule has 0 bridgehead atoms. The molecule has 0 heterocycles. The summed E-state index contributed by atoms with van der Waals surface area (Å²) < 4.78 is 0. The molecule has 1 unspecified atom stereocenters.